The molecule has 0 radical (unpaired) electrons. The van der Waals surface area contributed by atoms with Gasteiger partial charge in [0.05, 0.1) is 5.39 Å². The number of benzene rings is 1. The molecule has 6 heteroatoms. The third-order valence-electron chi connectivity index (χ3n) is 3.86. The van der Waals surface area contributed by atoms with Crippen molar-refractivity contribution in [3.63, 3.8) is 0 Å². The standard InChI is InChI=1S/C16H19N3O2S/c1-3-19(4-2)16-18-15(21)12-9-11(7-8-13(12)22-16)17-14(20)10-5-6-10/h7-10H,3-6H2,1-2H3,(H,17,20). The summed E-state index contributed by atoms with van der Waals surface area (Å²) in [4.78, 5) is 30.3. The van der Waals surface area contributed by atoms with E-state index in [9.17, 15) is 9.59 Å². The topological polar surface area (TPSA) is 62.3 Å². The van der Waals surface area contributed by atoms with Gasteiger partial charge in [0.25, 0.3) is 5.56 Å². The highest BCUT2D eigenvalue weighted by atomic mass is 32.1. The van der Waals surface area contributed by atoms with Gasteiger partial charge in [-0.15, -0.1) is 0 Å². The molecule has 0 unspecified atom stereocenters. The van der Waals surface area contributed by atoms with Crippen molar-refractivity contribution in [2.75, 3.05) is 23.3 Å². The molecule has 0 aliphatic heterocycles. The molecular weight excluding hydrogens is 298 g/mol. The third kappa shape index (κ3) is 2.97. The number of fused-ring (bicyclic) bond motifs is 1. The van der Waals surface area contributed by atoms with Crippen LogP contribution in [0, 0.1) is 5.92 Å². The Morgan fingerprint density at radius 2 is 2.09 bits per heavy atom. The number of hydrogen-bond donors (Lipinski definition) is 1. The van der Waals surface area contributed by atoms with E-state index in [0.717, 1.165) is 35.8 Å². The summed E-state index contributed by atoms with van der Waals surface area (Å²) in [5.41, 5.74) is 0.435. The number of nitrogens with zero attached hydrogens (tertiary/aromatic N) is 2. The number of rotatable bonds is 5. The van der Waals surface area contributed by atoms with E-state index in [4.69, 9.17) is 0 Å². The molecule has 0 spiro atoms. The summed E-state index contributed by atoms with van der Waals surface area (Å²) in [6.07, 6.45) is 1.92. The minimum absolute atomic E-state index is 0.0446. The van der Waals surface area contributed by atoms with Crippen LogP contribution in [-0.2, 0) is 4.79 Å². The molecule has 0 saturated heterocycles. The molecule has 1 heterocycles. The Balaban J connectivity index is 1.95. The number of anilines is 2. The van der Waals surface area contributed by atoms with Crippen LogP contribution in [0.15, 0.2) is 23.0 Å². The van der Waals surface area contributed by atoms with Gasteiger partial charge >= 0.3 is 0 Å². The fourth-order valence-electron chi connectivity index (χ4n) is 2.35. The second-order valence-electron chi connectivity index (χ2n) is 5.45. The molecule has 1 saturated carbocycles. The van der Waals surface area contributed by atoms with Crippen molar-refractivity contribution in [1.82, 2.24) is 4.98 Å². The molecule has 0 atom stereocenters. The number of hydrogen-bond acceptors (Lipinski definition) is 5. The van der Waals surface area contributed by atoms with Crippen LogP contribution in [0.5, 0.6) is 0 Å². The van der Waals surface area contributed by atoms with Gasteiger partial charge in [0.2, 0.25) is 5.91 Å². The monoisotopic (exact) mass is 317 g/mol. The zero-order chi connectivity index (χ0) is 15.7. The summed E-state index contributed by atoms with van der Waals surface area (Å²) >= 11 is 1.51. The van der Waals surface area contributed by atoms with Gasteiger partial charge < -0.3 is 10.2 Å². The highest BCUT2D eigenvalue weighted by Crippen LogP contribution is 2.31. The molecule has 1 N–H and O–H groups in total. The Bertz CT molecular complexity index is 764. The molecule has 1 aliphatic carbocycles. The van der Waals surface area contributed by atoms with Gasteiger partial charge in [0.1, 0.15) is 0 Å². The fourth-order valence-corrected chi connectivity index (χ4v) is 3.46. The quantitative estimate of drug-likeness (QED) is 0.921. The van der Waals surface area contributed by atoms with E-state index in [0.29, 0.717) is 11.1 Å². The average molecular weight is 317 g/mol. The average Bonchev–Trinajstić information content (AvgIpc) is 3.34. The summed E-state index contributed by atoms with van der Waals surface area (Å²) in [5, 5.41) is 4.18. The van der Waals surface area contributed by atoms with E-state index < -0.39 is 0 Å². The Morgan fingerprint density at radius 1 is 1.36 bits per heavy atom. The molecule has 1 fully saturated rings. The molecule has 2 aromatic rings. The fraction of sp³-hybridized carbons (Fsp3) is 0.438. The van der Waals surface area contributed by atoms with Crippen LogP contribution in [-0.4, -0.2) is 24.0 Å². The molecule has 22 heavy (non-hydrogen) atoms. The number of amides is 1. The van der Waals surface area contributed by atoms with Crippen LogP contribution in [0.25, 0.3) is 10.1 Å². The van der Waals surface area contributed by atoms with Crippen LogP contribution < -0.4 is 15.8 Å². The lowest BCUT2D eigenvalue weighted by molar-refractivity contribution is -0.117. The zero-order valence-electron chi connectivity index (χ0n) is 12.8. The zero-order valence-corrected chi connectivity index (χ0v) is 13.6. The number of aromatic nitrogens is 1. The van der Waals surface area contributed by atoms with Crippen molar-refractivity contribution in [2.45, 2.75) is 26.7 Å². The van der Waals surface area contributed by atoms with Crippen molar-refractivity contribution in [3.8, 4) is 0 Å². The molecule has 1 aromatic heterocycles. The summed E-state index contributed by atoms with van der Waals surface area (Å²) in [7, 11) is 0. The second-order valence-corrected chi connectivity index (χ2v) is 6.46. The minimum atomic E-state index is -0.238. The van der Waals surface area contributed by atoms with E-state index >= 15 is 0 Å². The summed E-state index contributed by atoms with van der Waals surface area (Å²) < 4.78 is 0.895. The molecule has 1 aliphatic rings. The van der Waals surface area contributed by atoms with Crippen molar-refractivity contribution in [2.24, 2.45) is 5.92 Å². The van der Waals surface area contributed by atoms with Crippen LogP contribution in [0.3, 0.4) is 0 Å². The third-order valence-corrected chi connectivity index (χ3v) is 4.97. The van der Waals surface area contributed by atoms with E-state index in [1.807, 2.05) is 26.0 Å². The number of carbonyl (C=O) groups is 1. The van der Waals surface area contributed by atoms with Crippen LogP contribution in [0.4, 0.5) is 10.8 Å². The Morgan fingerprint density at radius 3 is 2.73 bits per heavy atom. The highest BCUT2D eigenvalue weighted by molar-refractivity contribution is 7.21. The Labute approximate surface area is 133 Å². The van der Waals surface area contributed by atoms with E-state index in [2.05, 4.69) is 15.2 Å². The molecule has 1 amide bonds. The molecule has 3 rings (SSSR count). The van der Waals surface area contributed by atoms with E-state index in [1.165, 1.54) is 11.3 Å². The maximum Gasteiger partial charge on any atom is 0.281 e. The smallest absolute Gasteiger partial charge is 0.281 e. The highest BCUT2D eigenvalue weighted by Gasteiger charge is 2.29. The largest absolute Gasteiger partial charge is 0.349 e. The maximum atomic E-state index is 12.3. The molecular formula is C16H19N3O2S. The summed E-state index contributed by atoms with van der Waals surface area (Å²) in [5.74, 6) is 0.191. The molecule has 5 nitrogen and oxygen atoms in total. The van der Waals surface area contributed by atoms with Gasteiger partial charge in [-0.3, -0.25) is 9.59 Å². The maximum absolute atomic E-state index is 12.3. The first-order valence-corrected chi connectivity index (χ1v) is 8.44. The van der Waals surface area contributed by atoms with Crippen molar-refractivity contribution in [1.29, 1.82) is 0 Å². The van der Waals surface area contributed by atoms with Crippen molar-refractivity contribution < 1.29 is 4.79 Å². The van der Waals surface area contributed by atoms with Gasteiger partial charge in [0.15, 0.2) is 5.13 Å². The normalized spacial score (nSPS) is 14.1. The van der Waals surface area contributed by atoms with Gasteiger partial charge in [-0.05, 0) is 44.9 Å². The second kappa shape index (κ2) is 6.04. The van der Waals surface area contributed by atoms with Gasteiger partial charge in [0, 0.05) is 29.4 Å². The summed E-state index contributed by atoms with van der Waals surface area (Å²) in [6.45, 7) is 5.73. The first kappa shape index (κ1) is 15.0. The number of nitrogens with one attached hydrogen (secondary N) is 1. The van der Waals surface area contributed by atoms with Crippen molar-refractivity contribution >= 4 is 38.1 Å². The summed E-state index contributed by atoms with van der Waals surface area (Å²) in [6, 6.07) is 5.47. The van der Waals surface area contributed by atoms with Gasteiger partial charge in [-0.25, -0.2) is 0 Å². The Hall–Kier alpha value is -1.95. The van der Waals surface area contributed by atoms with Crippen LogP contribution in [0.2, 0.25) is 0 Å². The molecule has 116 valence electrons. The molecule has 0 bridgehead atoms. The Kier molecular flexibility index (Phi) is 4.11. The first-order chi connectivity index (χ1) is 10.6. The predicted molar refractivity (Wildman–Crippen MR) is 90.8 cm³/mol. The molecule has 1 aromatic carbocycles. The van der Waals surface area contributed by atoms with Crippen molar-refractivity contribution in [3.05, 3.63) is 28.6 Å². The number of carbonyl (C=O) groups excluding carboxylic acids is 1. The lowest BCUT2D eigenvalue weighted by Crippen LogP contribution is -2.24. The van der Waals surface area contributed by atoms with E-state index in [1.54, 1.807) is 6.07 Å². The van der Waals surface area contributed by atoms with E-state index in [-0.39, 0.29) is 17.4 Å². The van der Waals surface area contributed by atoms with Gasteiger partial charge in [-0.1, -0.05) is 11.3 Å². The first-order valence-electron chi connectivity index (χ1n) is 7.63. The SMILES string of the molecule is CCN(CC)c1nc(=O)c2cc(NC(=O)C3CC3)ccc2s1. The lowest BCUT2D eigenvalue weighted by Gasteiger charge is -2.18. The van der Waals surface area contributed by atoms with Crippen LogP contribution >= 0.6 is 11.3 Å². The lowest BCUT2D eigenvalue weighted by atomic mass is 10.2. The van der Waals surface area contributed by atoms with Gasteiger partial charge in [-0.2, -0.15) is 4.98 Å². The minimum Gasteiger partial charge on any atom is -0.349 e. The van der Waals surface area contributed by atoms with Crippen LogP contribution in [0.1, 0.15) is 26.7 Å². The predicted octanol–water partition coefficient (Wildman–Crippen LogP) is 2.85.